The van der Waals surface area contributed by atoms with Crippen LogP contribution in [0.2, 0.25) is 0 Å². The van der Waals surface area contributed by atoms with Gasteiger partial charge in [0, 0.05) is 20.2 Å². The molecule has 2 rings (SSSR count). The Balaban J connectivity index is 2.15. The number of nitrogens with zero attached hydrogens (tertiary/aromatic N) is 2. The number of anilines is 1. The summed E-state index contributed by atoms with van der Waals surface area (Å²) in [6.07, 6.45) is 1.17. The summed E-state index contributed by atoms with van der Waals surface area (Å²) in [5, 5.41) is 8.84. The average Bonchev–Trinajstić information content (AvgIpc) is 2.77. The molecule has 0 aliphatic carbocycles. The minimum atomic E-state index is -0.996. The van der Waals surface area contributed by atoms with Crippen LogP contribution in [0.5, 0.6) is 0 Å². The normalized spacial score (nSPS) is 20.1. The number of aromatic carboxylic acids is 1. The molecule has 1 saturated heterocycles. The summed E-state index contributed by atoms with van der Waals surface area (Å²) in [5.74, 6) is -0.288. The van der Waals surface area contributed by atoms with Crippen molar-refractivity contribution < 1.29 is 14.6 Å². The van der Waals surface area contributed by atoms with Crippen LogP contribution >= 0.6 is 0 Å². The van der Waals surface area contributed by atoms with E-state index in [1.807, 2.05) is 11.0 Å². The number of rotatable bonds is 3. The molecule has 0 saturated carbocycles. The predicted octanol–water partition coefficient (Wildman–Crippen LogP) is 1.00. The van der Waals surface area contributed by atoms with Crippen molar-refractivity contribution in [1.82, 2.24) is 4.98 Å². The highest BCUT2D eigenvalue weighted by molar-refractivity contribution is 5.85. The van der Waals surface area contributed by atoms with E-state index in [0.29, 0.717) is 5.82 Å². The van der Waals surface area contributed by atoms with Crippen molar-refractivity contribution in [2.24, 2.45) is 0 Å². The first-order valence-corrected chi connectivity index (χ1v) is 5.19. The summed E-state index contributed by atoms with van der Waals surface area (Å²) in [6, 6.07) is 5.03. The molecule has 1 N–H and O–H groups in total. The zero-order valence-corrected chi connectivity index (χ0v) is 9.09. The Morgan fingerprint density at radius 2 is 2.44 bits per heavy atom. The monoisotopic (exact) mass is 222 g/mol. The minimum Gasteiger partial charge on any atom is -0.477 e. The largest absolute Gasteiger partial charge is 0.477 e. The third kappa shape index (κ3) is 2.14. The van der Waals surface area contributed by atoms with Crippen molar-refractivity contribution in [3.05, 3.63) is 23.9 Å². The zero-order chi connectivity index (χ0) is 11.5. The van der Waals surface area contributed by atoms with E-state index in [9.17, 15) is 4.79 Å². The number of carboxylic acids is 1. The fraction of sp³-hybridized carbons (Fsp3) is 0.455. The van der Waals surface area contributed by atoms with E-state index in [1.54, 1.807) is 13.2 Å². The summed E-state index contributed by atoms with van der Waals surface area (Å²) in [7, 11) is 1.69. The van der Waals surface area contributed by atoms with Gasteiger partial charge in [0.2, 0.25) is 0 Å². The second-order valence-corrected chi connectivity index (χ2v) is 3.78. The Bertz CT molecular complexity index is 395. The van der Waals surface area contributed by atoms with Gasteiger partial charge in [-0.05, 0) is 18.6 Å². The van der Waals surface area contributed by atoms with Crippen LogP contribution in [0, 0.1) is 0 Å². The molecule has 1 aliphatic heterocycles. The van der Waals surface area contributed by atoms with E-state index in [4.69, 9.17) is 9.84 Å². The summed E-state index contributed by atoms with van der Waals surface area (Å²) in [4.78, 5) is 16.9. The fourth-order valence-corrected chi connectivity index (χ4v) is 1.85. The predicted molar refractivity (Wildman–Crippen MR) is 58.8 cm³/mol. The molecule has 1 aromatic heterocycles. The van der Waals surface area contributed by atoms with Crippen molar-refractivity contribution in [2.75, 3.05) is 25.1 Å². The number of aromatic nitrogens is 1. The average molecular weight is 222 g/mol. The Morgan fingerprint density at radius 1 is 1.62 bits per heavy atom. The molecule has 1 aliphatic rings. The second-order valence-electron chi connectivity index (χ2n) is 3.78. The third-order valence-electron chi connectivity index (χ3n) is 2.76. The van der Waals surface area contributed by atoms with Gasteiger partial charge >= 0.3 is 5.97 Å². The summed E-state index contributed by atoms with van der Waals surface area (Å²) >= 11 is 0. The third-order valence-corrected chi connectivity index (χ3v) is 2.76. The van der Waals surface area contributed by atoms with Gasteiger partial charge < -0.3 is 14.7 Å². The molecule has 2 heterocycles. The van der Waals surface area contributed by atoms with E-state index in [1.165, 1.54) is 6.07 Å². The maximum Gasteiger partial charge on any atom is 0.354 e. The first-order chi connectivity index (χ1) is 7.70. The van der Waals surface area contributed by atoms with E-state index in [2.05, 4.69) is 4.98 Å². The van der Waals surface area contributed by atoms with Gasteiger partial charge in [0.1, 0.15) is 5.82 Å². The van der Waals surface area contributed by atoms with Crippen LogP contribution in [0.25, 0.3) is 0 Å². The molecular formula is C11H14N2O3. The van der Waals surface area contributed by atoms with Gasteiger partial charge in [-0.2, -0.15) is 0 Å². The number of hydrogen-bond donors (Lipinski definition) is 1. The molecule has 1 atom stereocenters. The van der Waals surface area contributed by atoms with E-state index < -0.39 is 5.97 Å². The zero-order valence-electron chi connectivity index (χ0n) is 9.09. The topological polar surface area (TPSA) is 62.7 Å². The van der Waals surface area contributed by atoms with Gasteiger partial charge in [-0.25, -0.2) is 9.78 Å². The maximum atomic E-state index is 10.8. The summed E-state index contributed by atoms with van der Waals surface area (Å²) in [6.45, 7) is 1.63. The molecule has 0 amide bonds. The molecule has 1 fully saturated rings. The minimum absolute atomic E-state index is 0.0818. The summed E-state index contributed by atoms with van der Waals surface area (Å²) in [5.41, 5.74) is 0.0818. The van der Waals surface area contributed by atoms with Crippen molar-refractivity contribution in [3.63, 3.8) is 0 Å². The van der Waals surface area contributed by atoms with Crippen LogP contribution in [0.15, 0.2) is 18.2 Å². The quantitative estimate of drug-likeness (QED) is 0.826. The number of ether oxygens (including phenoxy) is 1. The van der Waals surface area contributed by atoms with Crippen LogP contribution in [0.4, 0.5) is 5.82 Å². The molecule has 0 aromatic carbocycles. The molecule has 0 spiro atoms. The van der Waals surface area contributed by atoms with Crippen LogP contribution < -0.4 is 4.90 Å². The molecule has 5 nitrogen and oxygen atoms in total. The Hall–Kier alpha value is -1.62. The molecule has 0 radical (unpaired) electrons. The standard InChI is InChI=1S/C11H14N2O3/c1-16-8-5-6-13(7-8)10-4-2-3-9(12-10)11(14)15/h2-4,8H,5-7H2,1H3,(H,14,15)/t8-/m0/s1. The number of pyridine rings is 1. The lowest BCUT2D eigenvalue weighted by atomic mass is 10.3. The number of methoxy groups -OCH3 is 1. The van der Waals surface area contributed by atoms with Crippen LogP contribution in [-0.4, -0.2) is 42.4 Å². The van der Waals surface area contributed by atoms with Gasteiger partial charge in [-0.15, -0.1) is 0 Å². The Morgan fingerprint density at radius 3 is 3.06 bits per heavy atom. The first kappa shape index (κ1) is 10.9. The molecule has 1 aromatic rings. The highest BCUT2D eigenvalue weighted by Crippen LogP contribution is 2.19. The van der Waals surface area contributed by atoms with Gasteiger partial charge in [0.05, 0.1) is 6.10 Å². The van der Waals surface area contributed by atoms with Crippen molar-refractivity contribution in [1.29, 1.82) is 0 Å². The molecule has 0 bridgehead atoms. The maximum absolute atomic E-state index is 10.8. The highest BCUT2D eigenvalue weighted by atomic mass is 16.5. The van der Waals surface area contributed by atoms with Crippen LogP contribution in [0.1, 0.15) is 16.9 Å². The van der Waals surface area contributed by atoms with Gasteiger partial charge in [-0.3, -0.25) is 0 Å². The van der Waals surface area contributed by atoms with Crippen LogP contribution in [-0.2, 0) is 4.74 Å². The van der Waals surface area contributed by atoms with Crippen molar-refractivity contribution >= 4 is 11.8 Å². The molecule has 5 heteroatoms. The molecule has 0 unspecified atom stereocenters. The Labute approximate surface area is 93.7 Å². The lowest BCUT2D eigenvalue weighted by molar-refractivity contribution is 0.0690. The summed E-state index contributed by atoms with van der Waals surface area (Å²) < 4.78 is 5.25. The number of carboxylic acid groups (broad SMARTS) is 1. The highest BCUT2D eigenvalue weighted by Gasteiger charge is 2.23. The first-order valence-electron chi connectivity index (χ1n) is 5.19. The molecular weight excluding hydrogens is 208 g/mol. The molecule has 86 valence electrons. The Kier molecular flexibility index (Phi) is 3.05. The second kappa shape index (κ2) is 4.49. The van der Waals surface area contributed by atoms with Gasteiger partial charge in [-0.1, -0.05) is 6.07 Å². The smallest absolute Gasteiger partial charge is 0.354 e. The fourth-order valence-electron chi connectivity index (χ4n) is 1.85. The van der Waals surface area contributed by atoms with Gasteiger partial charge in [0.25, 0.3) is 0 Å². The lowest BCUT2D eigenvalue weighted by Crippen LogP contribution is -2.23. The van der Waals surface area contributed by atoms with Crippen molar-refractivity contribution in [3.8, 4) is 0 Å². The van der Waals surface area contributed by atoms with E-state index in [-0.39, 0.29) is 11.8 Å². The van der Waals surface area contributed by atoms with Gasteiger partial charge in [0.15, 0.2) is 5.69 Å². The lowest BCUT2D eigenvalue weighted by Gasteiger charge is -2.17. The number of hydrogen-bond acceptors (Lipinski definition) is 4. The molecule has 16 heavy (non-hydrogen) atoms. The van der Waals surface area contributed by atoms with Crippen LogP contribution in [0.3, 0.4) is 0 Å². The van der Waals surface area contributed by atoms with Crippen molar-refractivity contribution in [2.45, 2.75) is 12.5 Å². The van der Waals surface area contributed by atoms with E-state index >= 15 is 0 Å². The van der Waals surface area contributed by atoms with E-state index in [0.717, 1.165) is 19.5 Å². The SMILES string of the molecule is CO[C@H]1CCN(c2cccc(C(=O)O)n2)C1. The number of carbonyl (C=O) groups is 1.